The third-order valence-corrected chi connectivity index (χ3v) is 14.0. The number of nitro groups is 2. The summed E-state index contributed by atoms with van der Waals surface area (Å²) in [6, 6.07) is 9.22. The van der Waals surface area contributed by atoms with Crippen molar-refractivity contribution in [2.24, 2.45) is 0 Å². The van der Waals surface area contributed by atoms with E-state index in [9.17, 15) is 24.6 Å². The van der Waals surface area contributed by atoms with Gasteiger partial charge in [0.15, 0.2) is 18.2 Å². The molecule has 0 unspecified atom stereocenters. The molecule has 0 bridgehead atoms. The fourth-order valence-electron chi connectivity index (χ4n) is 9.45. The maximum atomic E-state index is 12.1. The van der Waals surface area contributed by atoms with Crippen molar-refractivity contribution in [2.45, 2.75) is 75.9 Å². The lowest BCUT2D eigenvalue weighted by molar-refractivity contribution is -0.389. The monoisotopic (exact) mass is 909 g/mol. The number of aromatic nitrogens is 3. The quantitative estimate of drug-likeness (QED) is 0.245. The second-order valence-electron chi connectivity index (χ2n) is 18.2. The van der Waals surface area contributed by atoms with Crippen LogP contribution in [0.2, 0.25) is 0 Å². The molecule has 0 spiro atoms. The molecule has 19 nitrogen and oxygen atoms in total. The van der Waals surface area contributed by atoms with E-state index in [1.54, 1.807) is 12.3 Å². The molecule has 0 aromatic carbocycles. The first kappa shape index (κ1) is 49.7. The zero-order valence-corrected chi connectivity index (χ0v) is 38.5. The largest absolute Gasteiger partial charge is 0.384 e. The van der Waals surface area contributed by atoms with Gasteiger partial charge in [-0.05, 0) is 116 Å². The molecule has 6 saturated heterocycles. The van der Waals surface area contributed by atoms with Crippen LogP contribution in [0, 0.1) is 26.0 Å². The lowest BCUT2D eigenvalue weighted by Gasteiger charge is -2.48. The second kappa shape index (κ2) is 23.7. The predicted molar refractivity (Wildman–Crippen MR) is 248 cm³/mol. The summed E-state index contributed by atoms with van der Waals surface area (Å²) in [5, 5.41) is 24.0. The number of nitrogens with one attached hydrogen (secondary N) is 1. The van der Waals surface area contributed by atoms with E-state index >= 15 is 0 Å². The molecule has 0 atom stereocenters. The maximum Gasteiger partial charge on any atom is 0.363 e. The number of anilines is 3. The first-order valence-electron chi connectivity index (χ1n) is 23.0. The van der Waals surface area contributed by atoms with Crippen molar-refractivity contribution in [3.05, 3.63) is 81.0 Å². The highest BCUT2D eigenvalue weighted by atomic mass is 19.1. The molecular formula is C45H69FN12O7. The number of nitrogen functional groups attached to an aromatic ring is 1. The number of hydrogen-bond donors (Lipinski definition) is 2. The lowest BCUT2D eigenvalue weighted by Crippen LogP contribution is -2.56. The SMILES string of the molecule is CC1(N2CCOCC2)CCN(c2ccc(N)nc2)CC1.CC1(N2CCOCC2)CCN(c2ccc([N+](=O)[O-])nc2)CC1.CC1(N2CCOCC2)CCNCC1.O=[N+]([O-])c1ccc(F)cn1. The van der Waals surface area contributed by atoms with Gasteiger partial charge in [0.05, 0.1) is 57.2 Å². The molecule has 3 N–H and O–H groups in total. The molecule has 9 rings (SSSR count). The number of ether oxygens (including phenoxy) is 3. The molecule has 358 valence electrons. The Kier molecular flexibility index (Phi) is 18.1. The van der Waals surface area contributed by atoms with E-state index in [4.69, 9.17) is 19.9 Å². The molecular weight excluding hydrogens is 840 g/mol. The van der Waals surface area contributed by atoms with Crippen LogP contribution in [0.15, 0.2) is 55.0 Å². The van der Waals surface area contributed by atoms with E-state index in [0.717, 1.165) is 142 Å². The summed E-state index contributed by atoms with van der Waals surface area (Å²) in [7, 11) is 0. The van der Waals surface area contributed by atoms with Gasteiger partial charge in [0.2, 0.25) is 0 Å². The van der Waals surface area contributed by atoms with Crippen molar-refractivity contribution in [1.82, 2.24) is 35.0 Å². The van der Waals surface area contributed by atoms with Crippen molar-refractivity contribution in [1.29, 1.82) is 0 Å². The van der Waals surface area contributed by atoms with Gasteiger partial charge in [-0.25, -0.2) is 9.37 Å². The minimum absolute atomic E-state index is 0.0982. The van der Waals surface area contributed by atoms with Gasteiger partial charge in [0.25, 0.3) is 0 Å². The Morgan fingerprint density at radius 2 is 0.923 bits per heavy atom. The fraction of sp³-hybridized carbons (Fsp3) is 0.667. The normalized spacial score (nSPS) is 22.4. The van der Waals surface area contributed by atoms with E-state index in [1.807, 2.05) is 12.3 Å². The Hall–Kier alpha value is -4.70. The van der Waals surface area contributed by atoms with E-state index in [-0.39, 0.29) is 17.2 Å². The summed E-state index contributed by atoms with van der Waals surface area (Å²) in [5.41, 5.74) is 8.79. The van der Waals surface area contributed by atoms with Crippen molar-refractivity contribution in [3.8, 4) is 0 Å². The number of hydrogen-bond acceptors (Lipinski definition) is 17. The number of piperidine rings is 3. The minimum atomic E-state index is -0.681. The topological polar surface area (TPSA) is 207 Å². The first-order chi connectivity index (χ1) is 31.3. The summed E-state index contributed by atoms with van der Waals surface area (Å²) in [5.74, 6) is -0.435. The predicted octanol–water partition coefficient (Wildman–Crippen LogP) is 4.63. The average Bonchev–Trinajstić information content (AvgIpc) is 3.34. The smallest absolute Gasteiger partial charge is 0.363 e. The van der Waals surface area contributed by atoms with Gasteiger partial charge < -0.3 is 55.3 Å². The molecule has 65 heavy (non-hydrogen) atoms. The average molecular weight is 909 g/mol. The van der Waals surface area contributed by atoms with E-state index in [2.05, 4.69) is 71.6 Å². The molecule has 3 aromatic rings. The van der Waals surface area contributed by atoms with Crippen LogP contribution in [0.25, 0.3) is 0 Å². The Labute approximate surface area is 382 Å². The van der Waals surface area contributed by atoms with Crippen molar-refractivity contribution < 1.29 is 28.4 Å². The third kappa shape index (κ3) is 14.2. The molecule has 0 amide bonds. The van der Waals surface area contributed by atoms with Crippen LogP contribution in [0.1, 0.15) is 59.3 Å². The molecule has 0 saturated carbocycles. The lowest BCUT2D eigenvalue weighted by atomic mass is 9.87. The number of morpholine rings is 3. The van der Waals surface area contributed by atoms with Crippen molar-refractivity contribution in [3.63, 3.8) is 0 Å². The van der Waals surface area contributed by atoms with Crippen LogP contribution < -0.4 is 20.9 Å². The zero-order chi connectivity index (χ0) is 46.3. The van der Waals surface area contributed by atoms with Crippen molar-refractivity contribution in [2.75, 3.05) is 134 Å². The molecule has 0 aliphatic carbocycles. The Bertz CT molecular complexity index is 1890. The van der Waals surface area contributed by atoms with Gasteiger partial charge in [-0.2, -0.15) is 0 Å². The van der Waals surface area contributed by atoms with Crippen LogP contribution in [-0.4, -0.2) is 174 Å². The number of halogens is 1. The molecule has 9 heterocycles. The van der Waals surface area contributed by atoms with Gasteiger partial charge in [-0.1, -0.05) is 0 Å². The molecule has 6 fully saturated rings. The standard InChI is InChI=1S/C15H22N4O3.C15H24N4O.C10H20N2O.C5H3FN2O2/c1-15(18-8-10-22-11-9-18)4-6-17(7-5-15)13-2-3-14(16-12-13)19(20)21;1-15(19-8-10-20-11-9-19)4-6-18(7-5-15)13-2-3-14(16)17-12-13;1-10(2-4-11-5-3-10)12-6-8-13-9-7-12;6-4-1-2-5(7-3-4)8(9)10/h2-3,12H,4-11H2,1H3;2-3,12H,4-11H2,1H3,(H2,16,17);11H,2-9H2,1H3;1-3H. The Morgan fingerprint density at radius 3 is 1.26 bits per heavy atom. The number of nitrogens with two attached hydrogens (primary N) is 1. The summed E-state index contributed by atoms with van der Waals surface area (Å²) >= 11 is 0. The first-order valence-corrected chi connectivity index (χ1v) is 23.0. The molecule has 20 heteroatoms. The summed E-state index contributed by atoms with van der Waals surface area (Å²) < 4.78 is 28.3. The summed E-state index contributed by atoms with van der Waals surface area (Å²) in [4.78, 5) is 43.2. The van der Waals surface area contributed by atoms with Crippen LogP contribution in [0.3, 0.4) is 0 Å². The Balaban J connectivity index is 0.000000150. The molecule has 0 radical (unpaired) electrons. The minimum Gasteiger partial charge on any atom is -0.384 e. The van der Waals surface area contributed by atoms with Crippen LogP contribution >= 0.6 is 0 Å². The summed E-state index contributed by atoms with van der Waals surface area (Å²) in [6.45, 7) is 25.2. The second-order valence-corrected chi connectivity index (χ2v) is 18.2. The van der Waals surface area contributed by atoms with Gasteiger partial charge >= 0.3 is 11.6 Å². The van der Waals surface area contributed by atoms with E-state index in [1.165, 1.54) is 50.5 Å². The Morgan fingerprint density at radius 1 is 0.554 bits per heavy atom. The molecule has 6 aliphatic heterocycles. The van der Waals surface area contributed by atoms with Crippen LogP contribution in [0.4, 0.5) is 33.2 Å². The van der Waals surface area contributed by atoms with Gasteiger partial charge in [0.1, 0.15) is 5.82 Å². The zero-order valence-electron chi connectivity index (χ0n) is 38.5. The van der Waals surface area contributed by atoms with Crippen LogP contribution in [-0.2, 0) is 14.2 Å². The van der Waals surface area contributed by atoms with E-state index in [0.29, 0.717) is 16.9 Å². The number of nitrogens with zero attached hydrogens (tertiary/aromatic N) is 10. The molecule has 3 aromatic heterocycles. The number of pyridine rings is 3. The fourth-order valence-corrected chi connectivity index (χ4v) is 9.45. The highest BCUT2D eigenvalue weighted by Gasteiger charge is 2.38. The molecule has 6 aliphatic rings. The van der Waals surface area contributed by atoms with Crippen LogP contribution in [0.5, 0.6) is 0 Å². The van der Waals surface area contributed by atoms with Gasteiger partial charge in [0, 0.05) is 94.2 Å². The number of rotatable bonds is 7. The van der Waals surface area contributed by atoms with Gasteiger partial charge in [-0.3, -0.25) is 14.7 Å². The summed E-state index contributed by atoms with van der Waals surface area (Å²) in [6.07, 6.45) is 11.4. The highest BCUT2D eigenvalue weighted by Crippen LogP contribution is 2.33. The van der Waals surface area contributed by atoms with Crippen molar-refractivity contribution >= 4 is 28.8 Å². The third-order valence-electron chi connectivity index (χ3n) is 14.0. The van der Waals surface area contributed by atoms with Gasteiger partial charge in [-0.15, -0.1) is 0 Å². The highest BCUT2D eigenvalue weighted by molar-refractivity contribution is 5.49. The van der Waals surface area contributed by atoms with E-state index < -0.39 is 15.7 Å². The maximum absolute atomic E-state index is 12.1.